The SMILES string of the molecule is CCN(C)C(C)CO. The molecule has 0 radical (unpaired) electrons. The molecule has 1 unspecified atom stereocenters. The van der Waals surface area contributed by atoms with Crippen molar-refractivity contribution in [2.45, 2.75) is 19.9 Å². The predicted octanol–water partition coefficient (Wildman–Crippen LogP) is 0.319. The Bertz CT molecular complexity index is 48.5. The lowest BCUT2D eigenvalue weighted by molar-refractivity contribution is 0.164. The molecule has 0 aliphatic carbocycles. The molecule has 0 spiro atoms. The average Bonchev–Trinajstić information content (AvgIpc) is 1.84. The van der Waals surface area contributed by atoms with Gasteiger partial charge in [0, 0.05) is 6.04 Å². The fourth-order valence-electron chi connectivity index (χ4n) is 0.451. The molecule has 0 amide bonds. The Hall–Kier alpha value is -0.0800. The highest BCUT2D eigenvalue weighted by Crippen LogP contribution is 1.90. The smallest absolute Gasteiger partial charge is 0.0584 e. The van der Waals surface area contributed by atoms with Crippen LogP contribution in [-0.2, 0) is 0 Å². The van der Waals surface area contributed by atoms with E-state index >= 15 is 0 Å². The summed E-state index contributed by atoms with van der Waals surface area (Å²) in [5.74, 6) is 0. The summed E-state index contributed by atoms with van der Waals surface area (Å²) in [5, 5.41) is 8.59. The molecule has 0 rings (SSSR count). The highest BCUT2D eigenvalue weighted by atomic mass is 16.3. The highest BCUT2D eigenvalue weighted by molar-refractivity contribution is 4.57. The van der Waals surface area contributed by atoms with Crippen molar-refractivity contribution in [3.8, 4) is 0 Å². The van der Waals surface area contributed by atoms with E-state index in [0.29, 0.717) is 6.04 Å². The maximum Gasteiger partial charge on any atom is 0.0584 e. The second kappa shape index (κ2) is 3.87. The number of nitrogens with zero attached hydrogens (tertiary/aromatic N) is 1. The first-order valence-corrected chi connectivity index (χ1v) is 3.03. The van der Waals surface area contributed by atoms with Crippen LogP contribution in [0.3, 0.4) is 0 Å². The lowest BCUT2D eigenvalue weighted by Crippen LogP contribution is -2.31. The Morgan fingerprint density at radius 1 is 1.62 bits per heavy atom. The van der Waals surface area contributed by atoms with Crippen molar-refractivity contribution in [1.82, 2.24) is 4.90 Å². The van der Waals surface area contributed by atoms with Crippen LogP contribution in [0.5, 0.6) is 0 Å². The van der Waals surface area contributed by atoms with E-state index in [9.17, 15) is 0 Å². The molecule has 0 aromatic rings. The molecule has 0 saturated carbocycles. The first-order valence-electron chi connectivity index (χ1n) is 3.03. The Morgan fingerprint density at radius 3 is 2.25 bits per heavy atom. The zero-order valence-corrected chi connectivity index (χ0v) is 5.89. The van der Waals surface area contributed by atoms with Gasteiger partial charge in [-0.2, -0.15) is 0 Å². The molecule has 0 fully saturated rings. The van der Waals surface area contributed by atoms with Gasteiger partial charge in [-0.15, -0.1) is 0 Å². The van der Waals surface area contributed by atoms with E-state index in [4.69, 9.17) is 5.11 Å². The minimum atomic E-state index is 0.254. The van der Waals surface area contributed by atoms with Crippen molar-refractivity contribution in [3.63, 3.8) is 0 Å². The van der Waals surface area contributed by atoms with Crippen LogP contribution in [0.2, 0.25) is 0 Å². The van der Waals surface area contributed by atoms with Gasteiger partial charge in [0.1, 0.15) is 0 Å². The molecule has 0 aliphatic rings. The van der Waals surface area contributed by atoms with E-state index in [-0.39, 0.29) is 6.61 Å². The first kappa shape index (κ1) is 7.92. The molecule has 8 heavy (non-hydrogen) atoms. The van der Waals surface area contributed by atoms with Crippen LogP contribution < -0.4 is 0 Å². The summed E-state index contributed by atoms with van der Waals surface area (Å²) in [6.45, 7) is 5.34. The number of hydrogen-bond acceptors (Lipinski definition) is 2. The molecule has 0 aliphatic heterocycles. The molecule has 2 heteroatoms. The fourth-order valence-corrected chi connectivity index (χ4v) is 0.451. The van der Waals surface area contributed by atoms with Crippen LogP contribution in [0.1, 0.15) is 13.8 Å². The van der Waals surface area contributed by atoms with E-state index in [2.05, 4.69) is 11.8 Å². The Labute approximate surface area is 51.1 Å². The van der Waals surface area contributed by atoms with Gasteiger partial charge in [-0.1, -0.05) is 6.92 Å². The largest absolute Gasteiger partial charge is 0.395 e. The molecular formula is C6H15NO. The highest BCUT2D eigenvalue weighted by Gasteiger charge is 2.02. The van der Waals surface area contributed by atoms with Gasteiger partial charge in [0.15, 0.2) is 0 Å². The van der Waals surface area contributed by atoms with Crippen molar-refractivity contribution in [1.29, 1.82) is 0 Å². The lowest BCUT2D eigenvalue weighted by Gasteiger charge is -2.19. The van der Waals surface area contributed by atoms with Crippen LogP contribution in [0, 0.1) is 0 Å². The fraction of sp³-hybridized carbons (Fsp3) is 1.00. The number of aliphatic hydroxyl groups is 1. The summed E-state index contributed by atoms with van der Waals surface area (Å²) in [4.78, 5) is 2.10. The van der Waals surface area contributed by atoms with Gasteiger partial charge < -0.3 is 10.0 Å². The number of likely N-dealkylation sites (N-methyl/N-ethyl adjacent to an activating group) is 1. The van der Waals surface area contributed by atoms with E-state index in [1.165, 1.54) is 0 Å². The van der Waals surface area contributed by atoms with Crippen LogP contribution >= 0.6 is 0 Å². The Morgan fingerprint density at radius 2 is 2.12 bits per heavy atom. The van der Waals surface area contributed by atoms with E-state index in [1.54, 1.807) is 0 Å². The molecule has 2 nitrogen and oxygen atoms in total. The molecule has 0 heterocycles. The monoisotopic (exact) mass is 117 g/mol. The van der Waals surface area contributed by atoms with Crippen molar-refractivity contribution in [3.05, 3.63) is 0 Å². The summed E-state index contributed by atoms with van der Waals surface area (Å²) in [6.07, 6.45) is 0. The van der Waals surface area contributed by atoms with Gasteiger partial charge in [0.05, 0.1) is 6.61 Å². The third-order valence-electron chi connectivity index (χ3n) is 1.52. The van der Waals surface area contributed by atoms with E-state index < -0.39 is 0 Å². The molecule has 0 bridgehead atoms. The number of hydrogen-bond donors (Lipinski definition) is 1. The summed E-state index contributed by atoms with van der Waals surface area (Å²) < 4.78 is 0. The van der Waals surface area contributed by atoms with E-state index in [1.807, 2.05) is 14.0 Å². The molecule has 1 atom stereocenters. The lowest BCUT2D eigenvalue weighted by atomic mass is 10.3. The zero-order valence-electron chi connectivity index (χ0n) is 5.89. The third kappa shape index (κ3) is 2.28. The molecule has 1 N–H and O–H groups in total. The molecule has 0 aromatic heterocycles. The van der Waals surface area contributed by atoms with E-state index in [0.717, 1.165) is 6.54 Å². The van der Waals surface area contributed by atoms with Gasteiger partial charge in [-0.3, -0.25) is 0 Å². The van der Waals surface area contributed by atoms with Crippen molar-refractivity contribution in [2.24, 2.45) is 0 Å². The summed E-state index contributed by atoms with van der Waals surface area (Å²) in [6, 6.07) is 0.306. The van der Waals surface area contributed by atoms with Gasteiger partial charge in [0.25, 0.3) is 0 Å². The van der Waals surface area contributed by atoms with Gasteiger partial charge in [0.2, 0.25) is 0 Å². The number of rotatable bonds is 3. The third-order valence-corrected chi connectivity index (χ3v) is 1.52. The van der Waals surface area contributed by atoms with Crippen molar-refractivity contribution < 1.29 is 5.11 Å². The number of aliphatic hydroxyl groups excluding tert-OH is 1. The topological polar surface area (TPSA) is 23.5 Å². The van der Waals surface area contributed by atoms with Crippen molar-refractivity contribution >= 4 is 0 Å². The quantitative estimate of drug-likeness (QED) is 0.575. The van der Waals surface area contributed by atoms with Crippen molar-refractivity contribution in [2.75, 3.05) is 20.2 Å². The Kier molecular flexibility index (Phi) is 3.83. The summed E-state index contributed by atoms with van der Waals surface area (Å²) >= 11 is 0. The maximum atomic E-state index is 8.59. The molecule has 0 saturated heterocycles. The molecule has 50 valence electrons. The van der Waals surface area contributed by atoms with Crippen LogP contribution in [0.25, 0.3) is 0 Å². The van der Waals surface area contributed by atoms with Gasteiger partial charge >= 0.3 is 0 Å². The minimum Gasteiger partial charge on any atom is -0.395 e. The summed E-state index contributed by atoms with van der Waals surface area (Å²) in [5.41, 5.74) is 0. The van der Waals surface area contributed by atoms with Crippen LogP contribution in [0.4, 0.5) is 0 Å². The standard InChI is InChI=1S/C6H15NO/c1-4-7(3)6(2)5-8/h6,8H,4-5H2,1-3H3. The second-order valence-corrected chi connectivity index (χ2v) is 2.10. The summed E-state index contributed by atoms with van der Waals surface area (Å²) in [7, 11) is 2.00. The normalized spacial score (nSPS) is 14.6. The predicted molar refractivity (Wildman–Crippen MR) is 34.9 cm³/mol. The second-order valence-electron chi connectivity index (χ2n) is 2.10. The maximum absolute atomic E-state index is 8.59. The minimum absolute atomic E-state index is 0.254. The first-order chi connectivity index (χ1) is 3.72. The van der Waals surface area contributed by atoms with Gasteiger partial charge in [-0.25, -0.2) is 0 Å². The zero-order chi connectivity index (χ0) is 6.57. The van der Waals surface area contributed by atoms with Crippen LogP contribution in [0.15, 0.2) is 0 Å². The van der Waals surface area contributed by atoms with Crippen LogP contribution in [-0.4, -0.2) is 36.2 Å². The Balaban J connectivity index is 3.29. The molecule has 0 aromatic carbocycles. The molecular weight excluding hydrogens is 102 g/mol. The average molecular weight is 117 g/mol. The van der Waals surface area contributed by atoms with Gasteiger partial charge in [-0.05, 0) is 20.5 Å².